The van der Waals surface area contributed by atoms with Crippen molar-refractivity contribution in [1.82, 2.24) is 29.5 Å². The molecule has 2 saturated heterocycles. The Balaban J connectivity index is 1.12. The van der Waals surface area contributed by atoms with Crippen molar-refractivity contribution < 1.29 is 19.1 Å². The second-order valence-electron chi connectivity index (χ2n) is 11.0. The van der Waals surface area contributed by atoms with E-state index in [1.807, 2.05) is 47.3 Å². The molecule has 4 heterocycles. The average Bonchev–Trinajstić information content (AvgIpc) is 3.54. The summed E-state index contributed by atoms with van der Waals surface area (Å²) < 4.78 is 12.7. The number of amides is 2. The van der Waals surface area contributed by atoms with Gasteiger partial charge in [0, 0.05) is 54.4 Å². The van der Waals surface area contributed by atoms with E-state index in [-0.39, 0.29) is 30.9 Å². The van der Waals surface area contributed by atoms with E-state index in [1.54, 1.807) is 31.5 Å². The van der Waals surface area contributed by atoms with Gasteiger partial charge in [-0.05, 0) is 37.1 Å². The van der Waals surface area contributed by atoms with Gasteiger partial charge in [-0.25, -0.2) is 11.6 Å². The van der Waals surface area contributed by atoms with Gasteiger partial charge in [0.15, 0.2) is 0 Å². The molecule has 0 bridgehead atoms. The van der Waals surface area contributed by atoms with Gasteiger partial charge in [-0.15, -0.1) is 0 Å². The van der Waals surface area contributed by atoms with Gasteiger partial charge in [-0.1, -0.05) is 6.58 Å². The van der Waals surface area contributed by atoms with Gasteiger partial charge in [0.05, 0.1) is 49.4 Å². The number of benzene rings is 2. The number of nitrogens with one attached hydrogen (secondary N) is 1. The molecule has 0 unspecified atom stereocenters. The minimum Gasteiger partial charge on any atom is -0.497 e. The van der Waals surface area contributed by atoms with Gasteiger partial charge in [-0.3, -0.25) is 24.1 Å². The molecular weight excluding hydrogens is 560 g/mol. The smallest absolute Gasteiger partial charge is 0.343 e. The summed E-state index contributed by atoms with van der Waals surface area (Å²) in [5.74, 6) is 0.907. The van der Waals surface area contributed by atoms with E-state index in [0.29, 0.717) is 43.1 Å². The summed E-state index contributed by atoms with van der Waals surface area (Å²) in [6.45, 7) is 12.4. The second-order valence-corrected chi connectivity index (χ2v) is 11.0. The number of fused-ring (bicyclic) bond motifs is 1. The fourth-order valence-electron chi connectivity index (χ4n) is 5.70. The predicted octanol–water partition coefficient (Wildman–Crippen LogP) is 4.10. The molecule has 4 aromatic rings. The molecular formula is C32H32N8O4. The molecule has 0 spiro atoms. The number of aromatic nitrogens is 4. The highest BCUT2D eigenvalue weighted by Crippen LogP contribution is 2.32. The lowest BCUT2D eigenvalue weighted by Gasteiger charge is -2.42. The molecule has 2 aromatic heterocycles. The summed E-state index contributed by atoms with van der Waals surface area (Å²) in [5.41, 5.74) is 3.54. The maximum Gasteiger partial charge on any atom is 0.343 e. The van der Waals surface area contributed by atoms with Crippen LogP contribution in [0.3, 0.4) is 0 Å². The molecule has 12 nitrogen and oxygen atoms in total. The van der Waals surface area contributed by atoms with Crippen LogP contribution in [0.5, 0.6) is 11.5 Å². The van der Waals surface area contributed by atoms with Crippen LogP contribution in [0.25, 0.3) is 27.1 Å². The Kier molecular flexibility index (Phi) is 7.61. The Hall–Kier alpha value is -5.44. The van der Waals surface area contributed by atoms with Crippen LogP contribution in [0.4, 0.5) is 11.4 Å². The number of hydrogen-bond donors (Lipinski definition) is 1. The van der Waals surface area contributed by atoms with Gasteiger partial charge < -0.3 is 24.6 Å². The van der Waals surface area contributed by atoms with Crippen molar-refractivity contribution in [2.45, 2.75) is 24.4 Å². The molecule has 44 heavy (non-hydrogen) atoms. The van der Waals surface area contributed by atoms with Crippen molar-refractivity contribution in [3.63, 3.8) is 0 Å². The maximum atomic E-state index is 13.2. The first-order chi connectivity index (χ1) is 21.3. The summed E-state index contributed by atoms with van der Waals surface area (Å²) in [4.78, 5) is 41.4. The van der Waals surface area contributed by atoms with Gasteiger partial charge in [0.2, 0.25) is 5.91 Å². The Morgan fingerprint density at radius 1 is 1.02 bits per heavy atom. The third kappa shape index (κ3) is 5.40. The minimum absolute atomic E-state index is 0.112. The van der Waals surface area contributed by atoms with E-state index in [2.05, 4.69) is 26.8 Å². The number of nitrogens with zero attached hydrogens (tertiary/aromatic N) is 7. The summed E-state index contributed by atoms with van der Waals surface area (Å²) >= 11 is 0. The quantitative estimate of drug-likeness (QED) is 0.240. The van der Waals surface area contributed by atoms with Gasteiger partial charge >= 0.3 is 11.4 Å². The molecule has 0 saturated carbocycles. The van der Waals surface area contributed by atoms with Crippen molar-refractivity contribution in [2.75, 3.05) is 45.7 Å². The Labute approximate surface area is 254 Å². The Morgan fingerprint density at radius 3 is 2.41 bits per heavy atom. The lowest BCUT2D eigenvalue weighted by molar-refractivity contribution is -0.147. The number of anilines is 2. The number of ether oxygens (including phenoxy) is 2. The van der Waals surface area contributed by atoms with Crippen LogP contribution in [0, 0.1) is 6.57 Å². The van der Waals surface area contributed by atoms with Crippen LogP contribution >= 0.6 is 0 Å². The Morgan fingerprint density at radius 2 is 1.75 bits per heavy atom. The highest BCUT2D eigenvalue weighted by Gasteiger charge is 2.59. The first-order valence-corrected chi connectivity index (χ1v) is 14.3. The van der Waals surface area contributed by atoms with Crippen molar-refractivity contribution in [1.29, 1.82) is 0 Å². The normalized spacial score (nSPS) is 16.1. The van der Waals surface area contributed by atoms with Gasteiger partial charge in [0.25, 0.3) is 0 Å². The predicted molar refractivity (Wildman–Crippen MR) is 165 cm³/mol. The standard InChI is InChI=1S/C32H32N8O4/c1-5-30(41)39-19-32(20-39,33-2)31(42)38-10-8-24(9-11-38)40-18-21(16-35-40)29-17-34-27-7-6-22(14-28(27)37-29)36-23-12-25(43-3)15-26(13-23)44-4/h5-7,12-18,24,36H,1,8-11,19-20H2,3-4H3. The van der Waals surface area contributed by atoms with Gasteiger partial charge in [-0.2, -0.15) is 5.10 Å². The molecule has 6 rings (SSSR count). The van der Waals surface area contributed by atoms with E-state index in [0.717, 1.165) is 28.0 Å². The molecule has 0 radical (unpaired) electrons. The fraction of sp³-hybridized carbons (Fsp3) is 0.312. The summed E-state index contributed by atoms with van der Waals surface area (Å²) in [7, 11) is 3.23. The SMILES string of the molecule is [C-]#[N+]C1(C(=O)N2CCC(n3cc(-c4cnc5ccc(Nc6cc(OC)cc(OC)c6)cc5n4)cn3)CC2)CN(C(=O)C=C)C1. The van der Waals surface area contributed by atoms with Crippen LogP contribution in [0.2, 0.25) is 0 Å². The number of rotatable bonds is 8. The zero-order valence-corrected chi connectivity index (χ0v) is 24.6. The van der Waals surface area contributed by atoms with Crippen molar-refractivity contribution in [3.8, 4) is 22.8 Å². The Bertz CT molecular complexity index is 1760. The van der Waals surface area contributed by atoms with Crippen LogP contribution in [0.15, 0.2) is 67.6 Å². The summed E-state index contributed by atoms with van der Waals surface area (Å²) in [6.07, 6.45) is 8.13. The highest BCUT2D eigenvalue weighted by atomic mass is 16.5. The highest BCUT2D eigenvalue weighted by molar-refractivity contribution is 5.95. The molecule has 0 aliphatic carbocycles. The van der Waals surface area contributed by atoms with E-state index >= 15 is 0 Å². The zero-order chi connectivity index (χ0) is 30.8. The van der Waals surface area contributed by atoms with Crippen molar-refractivity contribution >= 4 is 34.2 Å². The lowest BCUT2D eigenvalue weighted by Crippen LogP contribution is -2.68. The molecule has 224 valence electrons. The molecule has 2 aliphatic heterocycles. The minimum atomic E-state index is -1.19. The lowest BCUT2D eigenvalue weighted by atomic mass is 9.88. The largest absolute Gasteiger partial charge is 0.497 e. The van der Waals surface area contributed by atoms with Crippen LogP contribution < -0.4 is 14.8 Å². The van der Waals surface area contributed by atoms with E-state index in [1.165, 1.54) is 11.0 Å². The van der Waals surface area contributed by atoms with Crippen molar-refractivity contribution in [2.24, 2.45) is 0 Å². The van der Waals surface area contributed by atoms with Crippen LogP contribution in [0.1, 0.15) is 18.9 Å². The molecule has 2 aromatic carbocycles. The first kappa shape index (κ1) is 28.7. The van der Waals surface area contributed by atoms with Crippen molar-refractivity contribution in [3.05, 3.63) is 79.1 Å². The number of methoxy groups -OCH3 is 2. The first-order valence-electron chi connectivity index (χ1n) is 14.3. The summed E-state index contributed by atoms with van der Waals surface area (Å²) in [6, 6.07) is 11.5. The molecule has 1 N–H and O–H groups in total. The monoisotopic (exact) mass is 592 g/mol. The molecule has 12 heteroatoms. The molecule has 2 aliphatic rings. The second kappa shape index (κ2) is 11.7. The molecule has 0 atom stereocenters. The molecule has 2 amide bonds. The van der Waals surface area contributed by atoms with Crippen LogP contribution in [-0.2, 0) is 9.59 Å². The number of carbonyl (C=O) groups excluding carboxylic acids is 2. The summed E-state index contributed by atoms with van der Waals surface area (Å²) in [5, 5.41) is 7.99. The zero-order valence-electron chi connectivity index (χ0n) is 24.6. The molecule has 2 fully saturated rings. The number of piperidine rings is 1. The third-order valence-electron chi connectivity index (χ3n) is 8.21. The van der Waals surface area contributed by atoms with Crippen LogP contribution in [-0.4, -0.2) is 87.3 Å². The maximum absolute atomic E-state index is 13.2. The van der Waals surface area contributed by atoms with E-state index < -0.39 is 5.54 Å². The number of hydrogen-bond acceptors (Lipinski definition) is 8. The fourth-order valence-corrected chi connectivity index (χ4v) is 5.70. The topological polar surface area (TPSA) is 119 Å². The van der Waals surface area contributed by atoms with E-state index in [4.69, 9.17) is 21.0 Å². The number of carbonyl (C=O) groups is 2. The number of likely N-dealkylation sites (tertiary alicyclic amines) is 2. The van der Waals surface area contributed by atoms with E-state index in [9.17, 15) is 9.59 Å². The average molecular weight is 593 g/mol. The van der Waals surface area contributed by atoms with Gasteiger partial charge in [0.1, 0.15) is 24.6 Å². The third-order valence-corrected chi connectivity index (χ3v) is 8.21.